The molecule has 0 aliphatic heterocycles. The highest BCUT2D eigenvalue weighted by Gasteiger charge is 2.14. The summed E-state index contributed by atoms with van der Waals surface area (Å²) in [4.78, 5) is 18.2. The topological polar surface area (TPSA) is 72.9 Å². The van der Waals surface area contributed by atoms with Crippen molar-refractivity contribution in [3.63, 3.8) is 0 Å². The van der Waals surface area contributed by atoms with E-state index in [4.69, 9.17) is 22.7 Å². The number of thiocarbonyl (C=S) groups is 1. The van der Waals surface area contributed by atoms with Crippen molar-refractivity contribution >= 4 is 46.4 Å². The fourth-order valence-electron chi connectivity index (χ4n) is 2.62. The van der Waals surface area contributed by atoms with Gasteiger partial charge >= 0.3 is 5.97 Å². The van der Waals surface area contributed by atoms with Gasteiger partial charge in [0.2, 0.25) is 0 Å². The Kier molecular flexibility index (Phi) is 6.31. The summed E-state index contributed by atoms with van der Waals surface area (Å²) >= 11 is 6.83. The van der Waals surface area contributed by atoms with Crippen LogP contribution in [0.15, 0.2) is 59.8 Å². The molecule has 0 unspecified atom stereocenters. The first-order chi connectivity index (χ1) is 13.1. The number of carbonyl (C=O) groups is 1. The van der Waals surface area contributed by atoms with E-state index in [2.05, 4.69) is 4.98 Å². The van der Waals surface area contributed by atoms with Crippen LogP contribution in [-0.4, -0.2) is 39.4 Å². The number of nitrogens with two attached hydrogens (primary N) is 1. The molecule has 0 saturated heterocycles. The molecule has 0 aliphatic carbocycles. The van der Waals surface area contributed by atoms with E-state index in [9.17, 15) is 4.79 Å². The molecule has 3 aromatic rings. The molecule has 1 aromatic carbocycles. The van der Waals surface area contributed by atoms with Crippen molar-refractivity contribution < 1.29 is 9.53 Å². The second-order valence-corrected chi connectivity index (χ2v) is 7.15. The number of hydrogen-bond acceptors (Lipinski definition) is 5. The molecule has 3 rings (SSSR count). The highest BCUT2D eigenvalue weighted by atomic mass is 32.2. The van der Waals surface area contributed by atoms with Crippen molar-refractivity contribution in [3.8, 4) is 0 Å². The lowest BCUT2D eigenvalue weighted by Crippen LogP contribution is -2.37. The van der Waals surface area contributed by atoms with Crippen LogP contribution >= 0.6 is 24.0 Å². The number of rotatable bonds is 7. The maximum absolute atomic E-state index is 11.9. The number of carbonyl (C=O) groups excluding carboxylic acids is 1. The minimum atomic E-state index is -0.416. The van der Waals surface area contributed by atoms with Gasteiger partial charge in [0.15, 0.2) is 10.8 Å². The molecule has 2 aromatic heterocycles. The molecule has 0 amide bonds. The largest absolute Gasteiger partial charge is 0.461 e. The molecule has 0 bridgehead atoms. The summed E-state index contributed by atoms with van der Waals surface area (Å²) in [5.41, 5.74) is 7.86. The fourth-order valence-corrected chi connectivity index (χ4v) is 3.76. The van der Waals surface area contributed by atoms with Gasteiger partial charge in [0, 0.05) is 24.2 Å². The molecule has 0 radical (unpaired) electrons. The lowest BCUT2D eigenvalue weighted by Gasteiger charge is -2.22. The summed E-state index contributed by atoms with van der Waals surface area (Å²) in [7, 11) is 0. The first-order valence-electron chi connectivity index (χ1n) is 8.50. The third-order valence-corrected chi connectivity index (χ3v) is 5.07. The normalized spacial score (nSPS) is 10.7. The highest BCUT2D eigenvalue weighted by Crippen LogP contribution is 2.22. The van der Waals surface area contributed by atoms with Gasteiger partial charge in [-0.2, -0.15) is 0 Å². The van der Waals surface area contributed by atoms with E-state index in [0.29, 0.717) is 29.6 Å². The molecule has 0 atom stereocenters. The van der Waals surface area contributed by atoms with Crippen LogP contribution in [0.2, 0.25) is 0 Å². The maximum atomic E-state index is 11.9. The predicted octanol–water partition coefficient (Wildman–Crippen LogP) is 3.35. The van der Waals surface area contributed by atoms with E-state index in [0.717, 1.165) is 16.5 Å². The van der Waals surface area contributed by atoms with Crippen molar-refractivity contribution in [1.29, 1.82) is 0 Å². The van der Waals surface area contributed by atoms with Gasteiger partial charge in [-0.05, 0) is 43.4 Å². The van der Waals surface area contributed by atoms with Crippen molar-refractivity contribution in [1.82, 2.24) is 9.38 Å². The minimum Gasteiger partial charge on any atom is -0.461 e. The Morgan fingerprint density at radius 3 is 2.74 bits per heavy atom. The van der Waals surface area contributed by atoms with Gasteiger partial charge < -0.3 is 15.4 Å². The van der Waals surface area contributed by atoms with Crippen LogP contribution in [0.3, 0.4) is 0 Å². The van der Waals surface area contributed by atoms with Crippen LogP contribution in [0, 0.1) is 0 Å². The van der Waals surface area contributed by atoms with Crippen molar-refractivity contribution in [2.24, 2.45) is 5.73 Å². The maximum Gasteiger partial charge on any atom is 0.358 e. The van der Waals surface area contributed by atoms with E-state index >= 15 is 0 Å². The Hall–Kier alpha value is -2.58. The first kappa shape index (κ1) is 19.2. The summed E-state index contributed by atoms with van der Waals surface area (Å²) in [5.74, 6) is 0.346. The SMILES string of the molecule is CCOC(=O)c1cn2c(SCCN(C(N)=S)c3ccccc3)cccc2n1. The number of anilines is 1. The number of esters is 1. The number of nitrogens with zero attached hydrogens (tertiary/aromatic N) is 3. The van der Waals surface area contributed by atoms with E-state index < -0.39 is 5.97 Å². The molecular weight excluding hydrogens is 380 g/mol. The van der Waals surface area contributed by atoms with Crippen LogP contribution in [-0.2, 0) is 4.74 Å². The summed E-state index contributed by atoms with van der Waals surface area (Å²) in [5, 5.41) is 1.32. The Morgan fingerprint density at radius 2 is 2.04 bits per heavy atom. The third-order valence-electron chi connectivity index (χ3n) is 3.84. The second-order valence-electron chi connectivity index (χ2n) is 5.61. The number of para-hydroxylation sites is 1. The molecule has 27 heavy (non-hydrogen) atoms. The number of benzene rings is 1. The Labute approximate surface area is 167 Å². The van der Waals surface area contributed by atoms with Crippen LogP contribution in [0.25, 0.3) is 5.65 Å². The molecule has 0 saturated carbocycles. The zero-order valence-corrected chi connectivity index (χ0v) is 16.5. The van der Waals surface area contributed by atoms with Gasteiger partial charge in [-0.3, -0.25) is 4.40 Å². The van der Waals surface area contributed by atoms with Gasteiger partial charge in [0.1, 0.15) is 5.65 Å². The molecule has 0 spiro atoms. The molecule has 140 valence electrons. The number of hydrogen-bond donors (Lipinski definition) is 1. The Bertz CT molecular complexity index is 943. The number of imidazole rings is 1. The van der Waals surface area contributed by atoms with Crippen LogP contribution in [0.5, 0.6) is 0 Å². The number of thioether (sulfide) groups is 1. The monoisotopic (exact) mass is 400 g/mol. The van der Waals surface area contributed by atoms with Gasteiger partial charge in [-0.25, -0.2) is 9.78 Å². The Morgan fingerprint density at radius 1 is 1.26 bits per heavy atom. The molecule has 2 heterocycles. The Balaban J connectivity index is 1.73. The minimum absolute atomic E-state index is 0.305. The average Bonchev–Trinajstić information content (AvgIpc) is 3.11. The summed E-state index contributed by atoms with van der Waals surface area (Å²) < 4.78 is 6.92. The van der Waals surface area contributed by atoms with Crippen molar-refractivity contribution in [2.45, 2.75) is 11.9 Å². The molecule has 0 aliphatic rings. The van der Waals surface area contributed by atoms with Crippen LogP contribution in [0.1, 0.15) is 17.4 Å². The molecule has 2 N–H and O–H groups in total. The third kappa shape index (κ3) is 4.58. The molecule has 0 fully saturated rings. The number of aromatic nitrogens is 2. The average molecular weight is 401 g/mol. The van der Waals surface area contributed by atoms with E-state index in [-0.39, 0.29) is 0 Å². The second kappa shape index (κ2) is 8.88. The van der Waals surface area contributed by atoms with E-state index in [1.54, 1.807) is 24.9 Å². The summed E-state index contributed by atoms with van der Waals surface area (Å²) in [6.45, 7) is 2.76. The molecule has 6 nitrogen and oxygen atoms in total. The predicted molar refractivity (Wildman–Crippen MR) is 112 cm³/mol. The zero-order chi connectivity index (χ0) is 19.2. The lowest BCUT2D eigenvalue weighted by atomic mass is 10.3. The number of fused-ring (bicyclic) bond motifs is 1. The van der Waals surface area contributed by atoms with E-state index in [1.807, 2.05) is 57.8 Å². The van der Waals surface area contributed by atoms with Crippen molar-refractivity contribution in [2.75, 3.05) is 23.8 Å². The number of pyridine rings is 1. The van der Waals surface area contributed by atoms with Gasteiger partial charge in [-0.1, -0.05) is 24.3 Å². The summed E-state index contributed by atoms with van der Waals surface area (Å²) in [6, 6.07) is 15.6. The molecular formula is C19H20N4O2S2. The van der Waals surface area contributed by atoms with Crippen LogP contribution < -0.4 is 10.6 Å². The standard InChI is InChI=1S/C19H20N4O2S2/c1-2-25-18(24)15-13-23-16(21-15)9-6-10-17(23)27-12-11-22(19(20)26)14-7-4-3-5-8-14/h3-10,13H,2,11-12H2,1H3,(H2,20,26). The van der Waals surface area contributed by atoms with Gasteiger partial charge in [0.05, 0.1) is 11.6 Å². The fraction of sp³-hybridized carbons (Fsp3) is 0.211. The zero-order valence-electron chi connectivity index (χ0n) is 14.9. The van der Waals surface area contributed by atoms with Gasteiger partial charge in [-0.15, -0.1) is 11.8 Å². The van der Waals surface area contributed by atoms with Crippen LogP contribution in [0.4, 0.5) is 5.69 Å². The highest BCUT2D eigenvalue weighted by molar-refractivity contribution is 7.99. The molecule has 8 heteroatoms. The van der Waals surface area contributed by atoms with Gasteiger partial charge in [0.25, 0.3) is 0 Å². The number of ether oxygens (including phenoxy) is 1. The summed E-state index contributed by atoms with van der Waals surface area (Å²) in [6.07, 6.45) is 1.71. The first-order valence-corrected chi connectivity index (χ1v) is 9.89. The smallest absolute Gasteiger partial charge is 0.358 e. The van der Waals surface area contributed by atoms with Crippen molar-refractivity contribution in [3.05, 3.63) is 60.4 Å². The lowest BCUT2D eigenvalue weighted by molar-refractivity contribution is 0.0520. The quantitative estimate of drug-likeness (QED) is 0.370. The van der Waals surface area contributed by atoms with E-state index in [1.165, 1.54) is 0 Å².